The normalized spacial score (nSPS) is 9.25. The molecule has 0 bridgehead atoms. The predicted octanol–water partition coefficient (Wildman–Crippen LogP) is 0.564. The SMILES string of the molecule is Oc1ccc[c]([Zn])c1. The summed E-state index contributed by atoms with van der Waals surface area (Å²) in [5, 5.41) is 8.83. The van der Waals surface area contributed by atoms with Crippen molar-refractivity contribution in [2.24, 2.45) is 0 Å². The van der Waals surface area contributed by atoms with Gasteiger partial charge in [-0.05, 0) is 0 Å². The topological polar surface area (TPSA) is 20.2 Å². The Morgan fingerprint density at radius 3 is 2.50 bits per heavy atom. The Bertz CT molecular complexity index is 168. The van der Waals surface area contributed by atoms with Crippen molar-refractivity contribution in [1.82, 2.24) is 0 Å². The molecule has 0 spiro atoms. The van der Waals surface area contributed by atoms with Crippen LogP contribution in [0.1, 0.15) is 0 Å². The second kappa shape index (κ2) is 2.28. The molecule has 1 aromatic rings. The number of phenolic OH excluding ortho intramolecular Hbond substituents is 1. The summed E-state index contributed by atoms with van der Waals surface area (Å²) in [6.07, 6.45) is 0. The van der Waals surface area contributed by atoms with E-state index < -0.39 is 0 Å². The summed E-state index contributed by atoms with van der Waals surface area (Å²) >= 11 is 1.11. The first-order valence-electron chi connectivity index (χ1n) is 2.40. The number of aromatic hydroxyl groups is 1. The van der Waals surface area contributed by atoms with Gasteiger partial charge in [0.15, 0.2) is 0 Å². The first-order chi connectivity index (χ1) is 3.79. The van der Waals surface area contributed by atoms with Crippen LogP contribution in [0.4, 0.5) is 0 Å². The molecule has 0 saturated carbocycles. The van der Waals surface area contributed by atoms with Gasteiger partial charge in [-0.2, -0.15) is 0 Å². The molecule has 1 aromatic carbocycles. The first kappa shape index (κ1) is 5.77. The van der Waals surface area contributed by atoms with Gasteiger partial charge in [-0.1, -0.05) is 0 Å². The zero-order valence-electron chi connectivity index (χ0n) is 4.46. The molecule has 0 aliphatic rings. The molecule has 0 aliphatic heterocycles. The van der Waals surface area contributed by atoms with E-state index in [0.29, 0.717) is 5.75 Å². The Kier molecular flexibility index (Phi) is 1.64. The Balaban J connectivity index is 3.08. The summed E-state index contributed by atoms with van der Waals surface area (Å²) in [5.41, 5.74) is 0. The van der Waals surface area contributed by atoms with Crippen LogP contribution in [0, 0.1) is 0 Å². The molecule has 0 saturated heterocycles. The van der Waals surface area contributed by atoms with E-state index in [-0.39, 0.29) is 0 Å². The average Bonchev–Trinajstić information content (AvgIpc) is 1.64. The third kappa shape index (κ3) is 1.31. The number of rotatable bonds is 0. The quantitative estimate of drug-likeness (QED) is 0.547. The number of benzene rings is 1. The molecule has 0 aliphatic carbocycles. The summed E-state index contributed by atoms with van der Waals surface area (Å²) in [5.74, 6) is 0.369. The number of hydrogen-bond acceptors (Lipinski definition) is 1. The van der Waals surface area contributed by atoms with Crippen LogP contribution >= 0.6 is 0 Å². The Morgan fingerprint density at radius 1 is 1.38 bits per heavy atom. The van der Waals surface area contributed by atoms with Gasteiger partial charge in [0.1, 0.15) is 0 Å². The van der Waals surface area contributed by atoms with Gasteiger partial charge in [-0.15, -0.1) is 0 Å². The average molecular weight is 158 g/mol. The molecule has 0 unspecified atom stereocenters. The van der Waals surface area contributed by atoms with Gasteiger partial charge in [-0.3, -0.25) is 0 Å². The van der Waals surface area contributed by atoms with Gasteiger partial charge in [0, 0.05) is 0 Å². The molecular weight excluding hydrogens is 153 g/mol. The van der Waals surface area contributed by atoms with Crippen LogP contribution in [-0.4, -0.2) is 5.11 Å². The molecule has 0 atom stereocenters. The number of phenols is 1. The van der Waals surface area contributed by atoms with Gasteiger partial charge in [0.2, 0.25) is 0 Å². The molecule has 1 N–H and O–H groups in total. The van der Waals surface area contributed by atoms with E-state index in [1.54, 1.807) is 12.1 Å². The zero-order chi connectivity index (χ0) is 5.98. The third-order valence-corrected chi connectivity index (χ3v) is 1.83. The second-order valence-electron chi connectivity index (χ2n) is 1.67. The van der Waals surface area contributed by atoms with E-state index in [1.807, 2.05) is 12.1 Å². The molecule has 0 fully saturated rings. The third-order valence-electron chi connectivity index (χ3n) is 0.911. The second-order valence-corrected chi connectivity index (χ2v) is 3.38. The Hall–Kier alpha value is -0.357. The van der Waals surface area contributed by atoms with Gasteiger partial charge in [0.25, 0.3) is 0 Å². The summed E-state index contributed by atoms with van der Waals surface area (Å²) < 4.78 is 1.21. The van der Waals surface area contributed by atoms with Crippen molar-refractivity contribution < 1.29 is 23.4 Å². The van der Waals surface area contributed by atoms with Crippen molar-refractivity contribution in [3.05, 3.63) is 24.3 Å². The molecule has 0 heterocycles. The van der Waals surface area contributed by atoms with Crippen LogP contribution in [0.3, 0.4) is 0 Å². The van der Waals surface area contributed by atoms with Crippen molar-refractivity contribution in [3.8, 4) is 5.75 Å². The van der Waals surface area contributed by atoms with Gasteiger partial charge in [0.05, 0.1) is 0 Å². The van der Waals surface area contributed by atoms with E-state index in [2.05, 4.69) is 0 Å². The number of hydrogen-bond donors (Lipinski definition) is 1. The fourth-order valence-electron chi connectivity index (χ4n) is 0.556. The fourth-order valence-corrected chi connectivity index (χ4v) is 1.28. The molecule has 0 aromatic heterocycles. The molecule has 2 heteroatoms. The minimum atomic E-state index is 0.369. The zero-order valence-corrected chi connectivity index (χ0v) is 7.43. The monoisotopic (exact) mass is 157 g/mol. The van der Waals surface area contributed by atoms with Gasteiger partial charge in [-0.25, -0.2) is 0 Å². The molecule has 37 valence electrons. The molecular formula is C6H5OZn. The minimum absolute atomic E-state index is 0.369. The summed E-state index contributed by atoms with van der Waals surface area (Å²) in [4.78, 5) is 0. The van der Waals surface area contributed by atoms with Gasteiger partial charge >= 0.3 is 57.6 Å². The first-order valence-corrected chi connectivity index (χ1v) is 3.88. The maximum absolute atomic E-state index is 8.83. The van der Waals surface area contributed by atoms with E-state index >= 15 is 0 Å². The predicted molar refractivity (Wildman–Crippen MR) is 27.7 cm³/mol. The summed E-state index contributed by atoms with van der Waals surface area (Å²) in [6.45, 7) is 0. The molecule has 0 radical (unpaired) electrons. The van der Waals surface area contributed by atoms with E-state index in [0.717, 1.165) is 18.3 Å². The molecule has 1 rings (SSSR count). The van der Waals surface area contributed by atoms with E-state index in [9.17, 15) is 0 Å². The summed E-state index contributed by atoms with van der Waals surface area (Å²) in [7, 11) is 0. The standard InChI is InChI=1S/C6H5O.Zn/c7-6-4-2-1-3-5-6;/h1-2,4-5,7H;. The maximum atomic E-state index is 8.83. The Morgan fingerprint density at radius 2 is 2.12 bits per heavy atom. The summed E-state index contributed by atoms with van der Waals surface area (Å²) in [6, 6.07) is 7.31. The van der Waals surface area contributed by atoms with Crippen molar-refractivity contribution >= 4 is 4.16 Å². The Labute approximate surface area is 58.0 Å². The van der Waals surface area contributed by atoms with Crippen molar-refractivity contribution in [2.75, 3.05) is 0 Å². The van der Waals surface area contributed by atoms with Crippen LogP contribution in [-0.2, 0) is 18.3 Å². The van der Waals surface area contributed by atoms with Crippen LogP contribution < -0.4 is 4.16 Å². The van der Waals surface area contributed by atoms with Crippen molar-refractivity contribution in [3.63, 3.8) is 0 Å². The molecule has 8 heavy (non-hydrogen) atoms. The van der Waals surface area contributed by atoms with Crippen LogP contribution in [0.5, 0.6) is 5.75 Å². The van der Waals surface area contributed by atoms with Crippen molar-refractivity contribution in [2.45, 2.75) is 0 Å². The molecule has 0 amide bonds. The fraction of sp³-hybridized carbons (Fsp3) is 0. The van der Waals surface area contributed by atoms with Crippen LogP contribution in [0.25, 0.3) is 0 Å². The van der Waals surface area contributed by atoms with E-state index in [4.69, 9.17) is 5.11 Å². The molecule has 1 nitrogen and oxygen atoms in total. The van der Waals surface area contributed by atoms with Gasteiger partial charge < -0.3 is 0 Å². The van der Waals surface area contributed by atoms with E-state index in [1.165, 1.54) is 4.16 Å². The van der Waals surface area contributed by atoms with Crippen LogP contribution in [0.15, 0.2) is 24.3 Å². The van der Waals surface area contributed by atoms with Crippen molar-refractivity contribution in [1.29, 1.82) is 0 Å². The van der Waals surface area contributed by atoms with Crippen LogP contribution in [0.2, 0.25) is 0 Å².